The van der Waals surface area contributed by atoms with Crippen molar-refractivity contribution in [1.82, 2.24) is 10.2 Å². The molecule has 1 aromatic carbocycles. The number of nitrogens with zero attached hydrogens (tertiary/aromatic N) is 4. The Morgan fingerprint density at radius 3 is 2.32 bits per heavy atom. The molecule has 2 aromatic rings. The first kappa shape index (κ1) is 14.9. The standard InChI is InChI=1S/C13H14F3N5S/c14-13(15,16)9-2-1-3-10(8-9)20-4-6-21(7-5-20)12-19-18-11(17)22-12/h1-3,8H,4-7H2,(H2,17,18). The lowest BCUT2D eigenvalue weighted by molar-refractivity contribution is -0.137. The Hall–Kier alpha value is -2.03. The number of rotatable bonds is 2. The Morgan fingerprint density at radius 1 is 1.05 bits per heavy atom. The van der Waals surface area contributed by atoms with Crippen molar-refractivity contribution >= 4 is 27.3 Å². The molecular formula is C13H14F3N5S. The molecule has 22 heavy (non-hydrogen) atoms. The number of halogens is 3. The average Bonchev–Trinajstić information content (AvgIpc) is 2.93. The maximum Gasteiger partial charge on any atom is 0.416 e. The van der Waals surface area contributed by atoms with Crippen molar-refractivity contribution in [1.29, 1.82) is 0 Å². The van der Waals surface area contributed by atoms with Crippen molar-refractivity contribution in [3.05, 3.63) is 29.8 Å². The van der Waals surface area contributed by atoms with Crippen molar-refractivity contribution in [2.24, 2.45) is 0 Å². The number of anilines is 3. The predicted octanol–water partition coefficient (Wildman–Crippen LogP) is 2.47. The van der Waals surface area contributed by atoms with Gasteiger partial charge in [-0.25, -0.2) is 0 Å². The normalized spacial score (nSPS) is 16.1. The highest BCUT2D eigenvalue weighted by Gasteiger charge is 2.31. The van der Waals surface area contributed by atoms with E-state index < -0.39 is 11.7 Å². The molecule has 1 saturated heterocycles. The number of hydrogen-bond donors (Lipinski definition) is 1. The van der Waals surface area contributed by atoms with Gasteiger partial charge in [0.25, 0.3) is 0 Å². The molecule has 1 aliphatic heterocycles. The second-order valence-corrected chi connectivity index (χ2v) is 5.93. The molecule has 5 nitrogen and oxygen atoms in total. The number of hydrogen-bond acceptors (Lipinski definition) is 6. The van der Waals surface area contributed by atoms with Crippen LogP contribution in [0.1, 0.15) is 5.56 Å². The quantitative estimate of drug-likeness (QED) is 0.917. The van der Waals surface area contributed by atoms with Crippen LogP contribution < -0.4 is 15.5 Å². The van der Waals surface area contributed by atoms with Crippen molar-refractivity contribution in [3.63, 3.8) is 0 Å². The number of benzene rings is 1. The van der Waals surface area contributed by atoms with E-state index in [2.05, 4.69) is 10.2 Å². The third-order valence-electron chi connectivity index (χ3n) is 3.52. The highest BCUT2D eigenvalue weighted by atomic mass is 32.1. The molecule has 0 unspecified atom stereocenters. The minimum absolute atomic E-state index is 0.412. The van der Waals surface area contributed by atoms with Gasteiger partial charge in [-0.05, 0) is 18.2 Å². The summed E-state index contributed by atoms with van der Waals surface area (Å²) in [7, 11) is 0. The molecule has 2 heterocycles. The molecule has 0 saturated carbocycles. The van der Waals surface area contributed by atoms with E-state index in [1.165, 1.54) is 23.5 Å². The lowest BCUT2D eigenvalue weighted by atomic mass is 10.1. The molecule has 1 fully saturated rings. The van der Waals surface area contributed by atoms with Crippen LogP contribution in [0.15, 0.2) is 24.3 Å². The van der Waals surface area contributed by atoms with Gasteiger partial charge in [0.05, 0.1) is 5.56 Å². The highest BCUT2D eigenvalue weighted by molar-refractivity contribution is 7.18. The highest BCUT2D eigenvalue weighted by Crippen LogP contribution is 2.32. The molecule has 0 atom stereocenters. The van der Waals surface area contributed by atoms with E-state index in [1.807, 2.05) is 9.80 Å². The van der Waals surface area contributed by atoms with E-state index in [0.29, 0.717) is 37.0 Å². The molecule has 9 heteroatoms. The Balaban J connectivity index is 1.69. The van der Waals surface area contributed by atoms with Crippen molar-refractivity contribution in [2.45, 2.75) is 6.18 Å². The SMILES string of the molecule is Nc1nnc(N2CCN(c3cccc(C(F)(F)F)c3)CC2)s1. The monoisotopic (exact) mass is 329 g/mol. The van der Waals surface area contributed by atoms with E-state index in [-0.39, 0.29) is 0 Å². The predicted molar refractivity (Wildman–Crippen MR) is 80.2 cm³/mol. The summed E-state index contributed by atoms with van der Waals surface area (Å²) in [6, 6.07) is 5.42. The molecule has 0 radical (unpaired) electrons. The van der Waals surface area contributed by atoms with Crippen LogP contribution in [-0.4, -0.2) is 36.4 Å². The van der Waals surface area contributed by atoms with Crippen LogP contribution in [-0.2, 0) is 6.18 Å². The molecule has 0 aliphatic carbocycles. The second kappa shape index (κ2) is 5.64. The minimum atomic E-state index is -4.32. The minimum Gasteiger partial charge on any atom is -0.374 e. The fourth-order valence-electron chi connectivity index (χ4n) is 2.39. The zero-order chi connectivity index (χ0) is 15.7. The van der Waals surface area contributed by atoms with E-state index in [0.717, 1.165) is 11.2 Å². The molecule has 118 valence electrons. The second-order valence-electron chi connectivity index (χ2n) is 4.95. The summed E-state index contributed by atoms with van der Waals surface area (Å²) < 4.78 is 38.3. The van der Waals surface area contributed by atoms with Crippen LogP contribution in [0.2, 0.25) is 0 Å². The lowest BCUT2D eigenvalue weighted by Crippen LogP contribution is -2.46. The van der Waals surface area contributed by atoms with Gasteiger partial charge in [-0.3, -0.25) is 0 Å². The van der Waals surface area contributed by atoms with Gasteiger partial charge in [0.1, 0.15) is 0 Å². The van der Waals surface area contributed by atoms with Gasteiger partial charge in [-0.1, -0.05) is 17.4 Å². The maximum atomic E-state index is 12.8. The van der Waals surface area contributed by atoms with Crippen LogP contribution >= 0.6 is 11.3 Å². The summed E-state index contributed by atoms with van der Waals surface area (Å²) in [5.74, 6) is 0. The molecule has 3 rings (SSSR count). The van der Waals surface area contributed by atoms with E-state index in [9.17, 15) is 13.2 Å². The van der Waals surface area contributed by atoms with E-state index >= 15 is 0 Å². The lowest BCUT2D eigenvalue weighted by Gasteiger charge is -2.35. The molecule has 0 spiro atoms. The fraction of sp³-hybridized carbons (Fsp3) is 0.385. The summed E-state index contributed by atoms with van der Waals surface area (Å²) in [6.45, 7) is 2.59. The third-order valence-corrected chi connectivity index (χ3v) is 4.33. The first-order chi connectivity index (χ1) is 10.4. The van der Waals surface area contributed by atoms with Gasteiger partial charge in [-0.15, -0.1) is 10.2 Å². The average molecular weight is 329 g/mol. The zero-order valence-corrected chi connectivity index (χ0v) is 12.4. The number of piperazine rings is 1. The van der Waals surface area contributed by atoms with Gasteiger partial charge < -0.3 is 15.5 Å². The van der Waals surface area contributed by atoms with Crippen molar-refractivity contribution in [2.75, 3.05) is 41.7 Å². The van der Waals surface area contributed by atoms with Gasteiger partial charge in [-0.2, -0.15) is 13.2 Å². The molecule has 1 aliphatic rings. The zero-order valence-electron chi connectivity index (χ0n) is 11.5. The Morgan fingerprint density at radius 2 is 1.73 bits per heavy atom. The Bertz CT molecular complexity index is 649. The summed E-state index contributed by atoms with van der Waals surface area (Å²) in [6.07, 6.45) is -4.32. The fourth-order valence-corrected chi connectivity index (χ4v) is 3.05. The smallest absolute Gasteiger partial charge is 0.374 e. The molecule has 1 aromatic heterocycles. The summed E-state index contributed by atoms with van der Waals surface area (Å²) >= 11 is 1.31. The van der Waals surface area contributed by atoms with E-state index in [1.54, 1.807) is 6.07 Å². The van der Waals surface area contributed by atoms with Crippen LogP contribution in [0.4, 0.5) is 29.1 Å². The molecule has 0 bridgehead atoms. The Kier molecular flexibility index (Phi) is 3.81. The third kappa shape index (κ3) is 3.08. The van der Waals surface area contributed by atoms with Crippen molar-refractivity contribution < 1.29 is 13.2 Å². The summed E-state index contributed by atoms with van der Waals surface area (Å²) in [5, 5.41) is 8.92. The van der Waals surface area contributed by atoms with Gasteiger partial charge in [0.2, 0.25) is 10.3 Å². The van der Waals surface area contributed by atoms with Crippen LogP contribution in [0.25, 0.3) is 0 Å². The number of alkyl halides is 3. The van der Waals surface area contributed by atoms with Crippen LogP contribution in [0, 0.1) is 0 Å². The summed E-state index contributed by atoms with van der Waals surface area (Å²) in [5.41, 5.74) is 5.53. The molecule has 2 N–H and O–H groups in total. The van der Waals surface area contributed by atoms with Crippen LogP contribution in [0.5, 0.6) is 0 Å². The van der Waals surface area contributed by atoms with Gasteiger partial charge >= 0.3 is 6.18 Å². The van der Waals surface area contributed by atoms with Crippen molar-refractivity contribution in [3.8, 4) is 0 Å². The van der Waals surface area contributed by atoms with Crippen LogP contribution in [0.3, 0.4) is 0 Å². The Labute approximate surface area is 129 Å². The molecular weight excluding hydrogens is 315 g/mol. The number of nitrogens with two attached hydrogens (primary N) is 1. The van der Waals surface area contributed by atoms with Gasteiger partial charge in [0.15, 0.2) is 0 Å². The summed E-state index contributed by atoms with van der Waals surface area (Å²) in [4.78, 5) is 3.98. The van der Waals surface area contributed by atoms with Gasteiger partial charge in [0, 0.05) is 31.9 Å². The van der Waals surface area contributed by atoms with E-state index in [4.69, 9.17) is 5.73 Å². The first-order valence-electron chi connectivity index (χ1n) is 6.69. The topological polar surface area (TPSA) is 58.3 Å². The molecule has 0 amide bonds. The number of aromatic nitrogens is 2. The first-order valence-corrected chi connectivity index (χ1v) is 7.51. The number of nitrogen functional groups attached to an aromatic ring is 1. The maximum absolute atomic E-state index is 12.8. The largest absolute Gasteiger partial charge is 0.416 e.